The van der Waals surface area contributed by atoms with Crippen molar-refractivity contribution in [2.75, 3.05) is 32.9 Å². The van der Waals surface area contributed by atoms with E-state index in [0.717, 1.165) is 36.0 Å². The van der Waals surface area contributed by atoms with E-state index in [0.29, 0.717) is 24.5 Å². The molecule has 1 amide bonds. The van der Waals surface area contributed by atoms with Gasteiger partial charge in [0.1, 0.15) is 0 Å². The van der Waals surface area contributed by atoms with E-state index in [1.54, 1.807) is 18.0 Å². The quantitative estimate of drug-likeness (QED) is 0.746. The van der Waals surface area contributed by atoms with E-state index < -0.39 is 11.5 Å². The van der Waals surface area contributed by atoms with Crippen LogP contribution in [0.15, 0.2) is 15.2 Å². The van der Waals surface area contributed by atoms with E-state index >= 15 is 0 Å². The lowest BCUT2D eigenvalue weighted by Crippen LogP contribution is -2.56. The Balaban J connectivity index is 1.47. The van der Waals surface area contributed by atoms with Crippen LogP contribution in [0.25, 0.3) is 4.96 Å². The number of aliphatic hydroxyl groups is 1. The molecule has 10 heteroatoms. The molecule has 2 aromatic heterocycles. The zero-order valence-electron chi connectivity index (χ0n) is 15.4. The van der Waals surface area contributed by atoms with E-state index in [1.165, 1.54) is 27.6 Å². The van der Waals surface area contributed by atoms with Gasteiger partial charge in [-0.2, -0.15) is 4.52 Å². The first-order chi connectivity index (χ1) is 12.9. The summed E-state index contributed by atoms with van der Waals surface area (Å²) in [7, 11) is 1.77. The van der Waals surface area contributed by atoms with Crippen LogP contribution in [0.5, 0.6) is 0 Å². The zero-order valence-corrected chi connectivity index (χ0v) is 17.1. The molecule has 4 heterocycles. The minimum absolute atomic E-state index is 0.152. The molecule has 8 nitrogen and oxygen atoms in total. The summed E-state index contributed by atoms with van der Waals surface area (Å²) < 4.78 is 2.17. The predicted octanol–water partition coefficient (Wildman–Crippen LogP) is 0.678. The molecule has 146 valence electrons. The number of nitrogens with zero attached hydrogens (tertiary/aromatic N) is 5. The van der Waals surface area contributed by atoms with Crippen molar-refractivity contribution in [3.05, 3.63) is 22.1 Å². The third kappa shape index (κ3) is 3.51. The van der Waals surface area contributed by atoms with Crippen LogP contribution in [0.2, 0.25) is 0 Å². The molecule has 2 aliphatic heterocycles. The number of hydrogen-bond donors (Lipinski definition) is 1. The Kier molecular flexibility index (Phi) is 5.00. The summed E-state index contributed by atoms with van der Waals surface area (Å²) in [4.78, 5) is 34.1. The lowest BCUT2D eigenvalue weighted by atomic mass is 9.71. The molecule has 2 aliphatic rings. The number of amides is 1. The molecule has 4 rings (SSSR count). The molecule has 2 aromatic rings. The number of likely N-dealkylation sites (tertiary alicyclic amines) is 2. The molecule has 0 aromatic carbocycles. The van der Waals surface area contributed by atoms with Gasteiger partial charge in [-0.25, -0.2) is 4.98 Å². The highest BCUT2D eigenvalue weighted by Crippen LogP contribution is 2.40. The third-order valence-corrected chi connectivity index (χ3v) is 7.45. The molecule has 2 fully saturated rings. The Bertz CT molecular complexity index is 919. The van der Waals surface area contributed by atoms with Gasteiger partial charge in [0, 0.05) is 26.2 Å². The van der Waals surface area contributed by atoms with E-state index in [2.05, 4.69) is 15.0 Å². The SMILES string of the molecule is CSc1nn2c(=O)cc(CN3CCC4(CC3)CC(O)CN(C)C4=O)nc2s1. The fourth-order valence-electron chi connectivity index (χ4n) is 4.20. The number of likely N-dealkylation sites (N-methyl/N-ethyl adjacent to an activating group) is 1. The molecule has 2 saturated heterocycles. The first kappa shape index (κ1) is 18.9. The second kappa shape index (κ2) is 7.16. The van der Waals surface area contributed by atoms with E-state index in [9.17, 15) is 14.7 Å². The zero-order chi connectivity index (χ0) is 19.2. The standard InChI is InChI=1S/C17H23N5O3S2/c1-20-10-12(23)8-17(14(20)25)3-5-21(6-4-17)9-11-7-13(24)22-15(18-11)27-16(19-22)26-2/h7,12,23H,3-6,8-10H2,1-2H3. The lowest BCUT2D eigenvalue weighted by molar-refractivity contribution is -0.154. The maximum Gasteiger partial charge on any atom is 0.275 e. The maximum atomic E-state index is 12.7. The Labute approximate surface area is 165 Å². The topological polar surface area (TPSA) is 91.0 Å². The predicted molar refractivity (Wildman–Crippen MR) is 104 cm³/mol. The van der Waals surface area contributed by atoms with Crippen LogP contribution < -0.4 is 5.56 Å². The molecule has 1 atom stereocenters. The summed E-state index contributed by atoms with van der Waals surface area (Å²) in [5, 5.41) is 14.4. The number of carbonyl (C=O) groups is 1. The van der Waals surface area contributed by atoms with Gasteiger partial charge in [-0.05, 0) is 38.6 Å². The van der Waals surface area contributed by atoms with Crippen LogP contribution in [0.1, 0.15) is 25.0 Å². The summed E-state index contributed by atoms with van der Waals surface area (Å²) in [6, 6.07) is 1.55. The van der Waals surface area contributed by atoms with Gasteiger partial charge in [0.25, 0.3) is 5.56 Å². The smallest absolute Gasteiger partial charge is 0.275 e. The Morgan fingerprint density at radius 3 is 2.81 bits per heavy atom. The van der Waals surface area contributed by atoms with Crippen molar-refractivity contribution in [3.63, 3.8) is 0 Å². The molecule has 0 bridgehead atoms. The highest BCUT2D eigenvalue weighted by Gasteiger charge is 2.47. The number of thioether (sulfide) groups is 1. The highest BCUT2D eigenvalue weighted by molar-refractivity contribution is 8.00. The van der Waals surface area contributed by atoms with Crippen LogP contribution >= 0.6 is 23.1 Å². The average molecular weight is 410 g/mol. The van der Waals surface area contributed by atoms with E-state index in [4.69, 9.17) is 0 Å². The van der Waals surface area contributed by atoms with Gasteiger partial charge in [0.15, 0.2) is 4.34 Å². The van der Waals surface area contributed by atoms with Gasteiger partial charge in [-0.3, -0.25) is 14.5 Å². The van der Waals surface area contributed by atoms with Crippen molar-refractivity contribution in [2.24, 2.45) is 5.41 Å². The monoisotopic (exact) mass is 409 g/mol. The van der Waals surface area contributed by atoms with E-state index in [-0.39, 0.29) is 11.5 Å². The average Bonchev–Trinajstić information content (AvgIpc) is 3.05. The van der Waals surface area contributed by atoms with Crippen LogP contribution in [0.3, 0.4) is 0 Å². The van der Waals surface area contributed by atoms with Gasteiger partial charge in [0.05, 0.1) is 17.2 Å². The molecular weight excluding hydrogens is 386 g/mol. The number of β-amino-alcohol motifs (C(OH)–C–C–N with tert-alkyl or cyclic N) is 1. The second-order valence-corrected chi connectivity index (χ2v) is 9.46. The van der Waals surface area contributed by atoms with Gasteiger partial charge in [-0.15, -0.1) is 5.10 Å². The number of aliphatic hydroxyl groups excluding tert-OH is 1. The second-order valence-electron chi connectivity index (χ2n) is 7.45. The largest absolute Gasteiger partial charge is 0.391 e. The fraction of sp³-hybridized carbons (Fsp3) is 0.647. The number of aromatic nitrogens is 3. The first-order valence-corrected chi connectivity index (χ1v) is 11.0. The summed E-state index contributed by atoms with van der Waals surface area (Å²) in [6.07, 6.45) is 3.49. The van der Waals surface area contributed by atoms with Crippen molar-refractivity contribution in [1.82, 2.24) is 24.4 Å². The van der Waals surface area contributed by atoms with Crippen molar-refractivity contribution < 1.29 is 9.90 Å². The van der Waals surface area contributed by atoms with Gasteiger partial charge < -0.3 is 10.0 Å². The van der Waals surface area contributed by atoms with E-state index in [1.807, 2.05) is 6.26 Å². The van der Waals surface area contributed by atoms with Crippen molar-refractivity contribution >= 4 is 34.0 Å². The van der Waals surface area contributed by atoms with Gasteiger partial charge in [0.2, 0.25) is 10.9 Å². The van der Waals surface area contributed by atoms with Gasteiger partial charge in [-0.1, -0.05) is 23.1 Å². The third-order valence-electron chi connectivity index (χ3n) is 5.56. The molecule has 1 N–H and O–H groups in total. The molecule has 0 saturated carbocycles. The number of rotatable bonds is 3. The number of carbonyl (C=O) groups excluding carboxylic acids is 1. The molecular formula is C17H23N5O3S2. The fourth-order valence-corrected chi connectivity index (χ4v) is 5.57. The van der Waals surface area contributed by atoms with Crippen LogP contribution in [0, 0.1) is 5.41 Å². The summed E-state index contributed by atoms with van der Waals surface area (Å²) in [5.74, 6) is 0.152. The number of hydrogen-bond acceptors (Lipinski definition) is 8. The van der Waals surface area contributed by atoms with Crippen molar-refractivity contribution in [3.8, 4) is 0 Å². The molecule has 27 heavy (non-hydrogen) atoms. The minimum Gasteiger partial charge on any atom is -0.391 e. The van der Waals surface area contributed by atoms with Gasteiger partial charge >= 0.3 is 0 Å². The molecule has 0 aliphatic carbocycles. The Morgan fingerprint density at radius 2 is 2.11 bits per heavy atom. The molecule has 0 radical (unpaired) electrons. The molecule has 1 spiro atoms. The minimum atomic E-state index is -0.444. The lowest BCUT2D eigenvalue weighted by Gasteiger charge is -2.46. The first-order valence-electron chi connectivity index (χ1n) is 9.00. The van der Waals surface area contributed by atoms with Crippen molar-refractivity contribution in [2.45, 2.75) is 36.3 Å². The normalized spacial score (nSPS) is 23.4. The number of fused-ring (bicyclic) bond motifs is 1. The summed E-state index contributed by atoms with van der Waals surface area (Å²) >= 11 is 2.91. The van der Waals surface area contributed by atoms with Crippen molar-refractivity contribution in [1.29, 1.82) is 0 Å². The highest BCUT2D eigenvalue weighted by atomic mass is 32.2. The van der Waals surface area contributed by atoms with Crippen LogP contribution in [-0.2, 0) is 11.3 Å². The number of piperidine rings is 2. The summed E-state index contributed by atoms with van der Waals surface area (Å²) in [6.45, 7) is 2.52. The molecule has 1 unspecified atom stereocenters. The Hall–Kier alpha value is -1.49. The summed E-state index contributed by atoms with van der Waals surface area (Å²) in [5.41, 5.74) is 0.136. The maximum absolute atomic E-state index is 12.7. The van der Waals surface area contributed by atoms with Crippen LogP contribution in [0.4, 0.5) is 0 Å². The van der Waals surface area contributed by atoms with Crippen LogP contribution in [-0.4, -0.2) is 74.5 Å². The Morgan fingerprint density at radius 1 is 1.37 bits per heavy atom.